The maximum Gasteiger partial charge on any atom is 0.205 e. The largest absolute Gasteiger partial charge is 0.440 e. The van der Waals surface area contributed by atoms with Crippen molar-refractivity contribution in [2.24, 2.45) is 0 Å². The molecular weight excluding hydrogens is 392 g/mol. The van der Waals surface area contributed by atoms with Crippen LogP contribution in [-0.4, -0.2) is 9.97 Å². The topological polar surface area (TPSA) is 99.6 Å². The molecule has 2 aromatic heterocycles. The molecule has 0 aliphatic carbocycles. The van der Waals surface area contributed by atoms with E-state index in [-0.39, 0.29) is 5.57 Å². The molecule has 2 aromatic carbocycles. The van der Waals surface area contributed by atoms with Crippen molar-refractivity contribution in [3.63, 3.8) is 0 Å². The fourth-order valence-electron chi connectivity index (χ4n) is 2.52. The third-order valence-corrected chi connectivity index (χ3v) is 6.18. The Labute approximate surface area is 168 Å². The van der Waals surface area contributed by atoms with Crippen molar-refractivity contribution in [1.82, 2.24) is 9.97 Å². The number of allylic oxidation sites excluding steroid dienone is 1. The lowest BCUT2D eigenvalue weighted by Gasteiger charge is -2.04. The summed E-state index contributed by atoms with van der Waals surface area (Å²) in [5.41, 5.74) is 3.04. The van der Waals surface area contributed by atoms with Crippen LogP contribution in [0.2, 0.25) is 0 Å². The monoisotopic (exact) mass is 404 g/mol. The summed E-state index contributed by atoms with van der Waals surface area (Å²) in [5.74, 6) is 1.91. The number of rotatable bonds is 6. The average molecular weight is 404 g/mol. The number of fused-ring (bicyclic) bond motifs is 2. The molecule has 0 N–H and O–H groups in total. The molecule has 0 radical (unpaired) electrons. The van der Waals surface area contributed by atoms with Crippen molar-refractivity contribution in [2.45, 2.75) is 11.5 Å². The summed E-state index contributed by atoms with van der Waals surface area (Å²) in [5, 5.41) is 18.6. The van der Waals surface area contributed by atoms with Crippen LogP contribution in [-0.2, 0) is 11.5 Å². The van der Waals surface area contributed by atoms with Gasteiger partial charge in [-0.05, 0) is 24.3 Å². The maximum absolute atomic E-state index is 9.28. The molecule has 0 atom stereocenters. The number of para-hydroxylation sites is 4. The highest BCUT2D eigenvalue weighted by atomic mass is 32.2. The van der Waals surface area contributed by atoms with Crippen LogP contribution in [0.4, 0.5) is 0 Å². The standard InChI is InChI=1S/C20H12N4O2S2/c21-9-13(10-22)20(27-11-18-23-14-5-1-3-7-16(14)25-18)28-12-19-24-15-6-2-4-8-17(15)26-19/h1-8H,11-12H2. The fourth-order valence-corrected chi connectivity index (χ4v) is 4.43. The molecule has 0 aliphatic heterocycles. The SMILES string of the molecule is N#CC(C#N)=C(SCc1nc2ccccc2o1)SCc1nc2ccccc2o1. The number of benzene rings is 2. The van der Waals surface area contributed by atoms with Gasteiger partial charge in [0.25, 0.3) is 0 Å². The van der Waals surface area contributed by atoms with E-state index in [0.717, 1.165) is 11.0 Å². The van der Waals surface area contributed by atoms with Gasteiger partial charge in [-0.3, -0.25) is 0 Å². The number of thioether (sulfide) groups is 2. The van der Waals surface area contributed by atoms with Gasteiger partial charge in [-0.25, -0.2) is 9.97 Å². The van der Waals surface area contributed by atoms with E-state index in [2.05, 4.69) is 9.97 Å². The summed E-state index contributed by atoms with van der Waals surface area (Å²) in [6, 6.07) is 18.9. The van der Waals surface area contributed by atoms with Crippen LogP contribution < -0.4 is 0 Å². The van der Waals surface area contributed by atoms with Gasteiger partial charge in [0.05, 0.1) is 15.7 Å². The molecule has 4 aromatic rings. The van der Waals surface area contributed by atoms with Gasteiger partial charge in [-0.2, -0.15) is 10.5 Å². The van der Waals surface area contributed by atoms with Crippen molar-refractivity contribution < 1.29 is 8.83 Å². The van der Waals surface area contributed by atoms with Gasteiger partial charge in [0.15, 0.2) is 11.2 Å². The van der Waals surface area contributed by atoms with Crippen molar-refractivity contribution in [1.29, 1.82) is 10.5 Å². The van der Waals surface area contributed by atoms with E-state index in [9.17, 15) is 10.5 Å². The maximum atomic E-state index is 9.28. The van der Waals surface area contributed by atoms with E-state index in [1.807, 2.05) is 60.7 Å². The number of aromatic nitrogens is 2. The molecule has 0 amide bonds. The first-order valence-electron chi connectivity index (χ1n) is 8.26. The molecule has 0 aliphatic rings. The van der Waals surface area contributed by atoms with Crippen LogP contribution in [0.5, 0.6) is 0 Å². The minimum atomic E-state index is 0.0576. The lowest BCUT2D eigenvalue weighted by molar-refractivity contribution is 0.556. The summed E-state index contributed by atoms with van der Waals surface area (Å²) in [7, 11) is 0. The third kappa shape index (κ3) is 3.89. The predicted octanol–water partition coefficient (Wildman–Crippen LogP) is 5.39. The first kappa shape index (κ1) is 18.2. The molecule has 0 fully saturated rings. The second-order valence-corrected chi connectivity index (χ2v) is 7.84. The molecule has 8 heteroatoms. The Bertz CT molecular complexity index is 1100. The van der Waals surface area contributed by atoms with Crippen LogP contribution >= 0.6 is 23.5 Å². The predicted molar refractivity (Wildman–Crippen MR) is 109 cm³/mol. The number of nitriles is 2. The number of hydrogen-bond donors (Lipinski definition) is 0. The molecule has 0 spiro atoms. The van der Waals surface area contributed by atoms with E-state index >= 15 is 0 Å². The highest BCUT2D eigenvalue weighted by Gasteiger charge is 2.14. The van der Waals surface area contributed by atoms with Crippen molar-refractivity contribution in [3.05, 3.63) is 70.1 Å². The van der Waals surface area contributed by atoms with Crippen molar-refractivity contribution in [2.75, 3.05) is 0 Å². The molecule has 0 saturated carbocycles. The molecule has 0 saturated heterocycles. The summed E-state index contributed by atoms with van der Waals surface area (Å²) >= 11 is 2.69. The van der Waals surface area contributed by atoms with Gasteiger partial charge in [0.1, 0.15) is 28.7 Å². The van der Waals surface area contributed by atoms with Crippen molar-refractivity contribution in [3.8, 4) is 12.1 Å². The van der Waals surface area contributed by atoms with Crippen LogP contribution in [0, 0.1) is 22.7 Å². The number of oxazole rings is 2. The van der Waals surface area contributed by atoms with Crippen LogP contribution in [0.3, 0.4) is 0 Å². The van der Waals surface area contributed by atoms with Gasteiger partial charge in [-0.1, -0.05) is 24.3 Å². The third-order valence-electron chi connectivity index (χ3n) is 3.76. The summed E-state index contributed by atoms with van der Waals surface area (Å²) < 4.78 is 12.0. The average Bonchev–Trinajstić information content (AvgIpc) is 3.33. The summed E-state index contributed by atoms with van der Waals surface area (Å²) in [6.45, 7) is 0. The summed E-state index contributed by atoms with van der Waals surface area (Å²) in [4.78, 5) is 8.85. The number of nitrogens with zero attached hydrogens (tertiary/aromatic N) is 4. The molecule has 4 rings (SSSR count). The Morgan fingerprint density at radius 2 is 1.25 bits per heavy atom. The number of hydrogen-bond acceptors (Lipinski definition) is 8. The zero-order valence-corrected chi connectivity index (χ0v) is 16.1. The Kier molecular flexibility index (Phi) is 5.34. The quantitative estimate of drug-likeness (QED) is 0.394. The molecule has 6 nitrogen and oxygen atoms in total. The zero-order valence-electron chi connectivity index (χ0n) is 14.5. The lowest BCUT2D eigenvalue weighted by atomic mass is 10.3. The van der Waals surface area contributed by atoms with Crippen LogP contribution in [0.25, 0.3) is 22.2 Å². The molecule has 28 heavy (non-hydrogen) atoms. The Balaban J connectivity index is 1.50. The Morgan fingerprint density at radius 3 is 1.68 bits per heavy atom. The minimum absolute atomic E-state index is 0.0576. The first-order valence-corrected chi connectivity index (χ1v) is 10.2. The van der Waals surface area contributed by atoms with Gasteiger partial charge in [-0.15, -0.1) is 23.5 Å². The molecule has 0 unspecified atom stereocenters. The molecule has 136 valence electrons. The fraction of sp³-hybridized carbons (Fsp3) is 0.100. The highest BCUT2D eigenvalue weighted by molar-refractivity contribution is 8.21. The molecule has 2 heterocycles. The lowest BCUT2D eigenvalue weighted by Crippen LogP contribution is -1.86. The van der Waals surface area contributed by atoms with E-state index < -0.39 is 0 Å². The van der Waals surface area contributed by atoms with Gasteiger partial charge >= 0.3 is 0 Å². The van der Waals surface area contributed by atoms with E-state index in [0.29, 0.717) is 38.7 Å². The van der Waals surface area contributed by atoms with E-state index in [1.165, 1.54) is 23.5 Å². The van der Waals surface area contributed by atoms with Crippen LogP contribution in [0.15, 0.2) is 67.2 Å². The minimum Gasteiger partial charge on any atom is -0.440 e. The Hall–Kier alpha value is -3.20. The molecule has 0 bridgehead atoms. The van der Waals surface area contributed by atoms with Crippen molar-refractivity contribution >= 4 is 45.7 Å². The van der Waals surface area contributed by atoms with E-state index in [1.54, 1.807) is 0 Å². The van der Waals surface area contributed by atoms with Gasteiger partial charge < -0.3 is 8.83 Å². The summed E-state index contributed by atoms with van der Waals surface area (Å²) in [6.07, 6.45) is 0. The van der Waals surface area contributed by atoms with Crippen LogP contribution in [0.1, 0.15) is 11.8 Å². The van der Waals surface area contributed by atoms with E-state index in [4.69, 9.17) is 8.83 Å². The molecular formula is C20H12N4O2S2. The highest BCUT2D eigenvalue weighted by Crippen LogP contribution is 2.36. The second-order valence-electron chi connectivity index (χ2n) is 5.61. The smallest absolute Gasteiger partial charge is 0.205 e. The Morgan fingerprint density at radius 1 is 0.786 bits per heavy atom. The van der Waals surface area contributed by atoms with Gasteiger partial charge in [0.2, 0.25) is 11.8 Å². The zero-order chi connectivity index (χ0) is 19.3. The first-order chi connectivity index (χ1) is 13.8. The van der Waals surface area contributed by atoms with Gasteiger partial charge in [0, 0.05) is 0 Å². The second kappa shape index (κ2) is 8.22. The normalized spacial score (nSPS) is 10.6.